The van der Waals surface area contributed by atoms with Gasteiger partial charge in [0.05, 0.1) is 17.7 Å². The summed E-state index contributed by atoms with van der Waals surface area (Å²) in [5.74, 6) is -1.36. The highest BCUT2D eigenvalue weighted by Gasteiger charge is 2.32. The molecule has 0 saturated carbocycles. The van der Waals surface area contributed by atoms with Gasteiger partial charge in [-0.05, 0) is 36.2 Å². The van der Waals surface area contributed by atoms with Crippen LogP contribution in [0.1, 0.15) is 29.2 Å². The number of aliphatic hydroxyl groups is 1. The maximum atomic E-state index is 12.3. The van der Waals surface area contributed by atoms with Crippen molar-refractivity contribution >= 4 is 17.6 Å². The number of benzene rings is 1. The smallest absolute Gasteiger partial charge is 0.265 e. The summed E-state index contributed by atoms with van der Waals surface area (Å²) >= 11 is 0. The van der Waals surface area contributed by atoms with Gasteiger partial charge in [0, 0.05) is 12.6 Å². The number of nitrogens with one attached hydrogen (secondary N) is 2. The monoisotopic (exact) mass is 348 g/mol. The van der Waals surface area contributed by atoms with Gasteiger partial charge in [0.2, 0.25) is 0 Å². The van der Waals surface area contributed by atoms with Crippen LogP contribution in [-0.4, -0.2) is 21.9 Å². The van der Waals surface area contributed by atoms with Crippen molar-refractivity contribution in [2.24, 2.45) is 0 Å². The molecule has 0 radical (unpaired) electrons. The van der Waals surface area contributed by atoms with E-state index in [1.165, 1.54) is 0 Å². The third-order valence-electron chi connectivity index (χ3n) is 4.04. The molecule has 2 amide bonds. The first kappa shape index (κ1) is 17.2. The Morgan fingerprint density at radius 3 is 2.62 bits per heavy atom. The first-order chi connectivity index (χ1) is 12.5. The molecular weight excluding hydrogens is 332 g/mol. The van der Waals surface area contributed by atoms with E-state index in [0.29, 0.717) is 11.4 Å². The summed E-state index contributed by atoms with van der Waals surface area (Å²) in [6.45, 7) is 1.87. The van der Waals surface area contributed by atoms with E-state index in [-0.39, 0.29) is 17.8 Å². The third kappa shape index (κ3) is 3.54. The summed E-state index contributed by atoms with van der Waals surface area (Å²) in [5, 5.41) is 24.3. The van der Waals surface area contributed by atoms with Gasteiger partial charge in [0.1, 0.15) is 17.2 Å². The molecule has 7 nitrogen and oxygen atoms in total. The Bertz CT molecular complexity index is 925. The molecule has 1 aromatic heterocycles. The number of rotatable bonds is 3. The van der Waals surface area contributed by atoms with E-state index >= 15 is 0 Å². The molecule has 26 heavy (non-hydrogen) atoms. The van der Waals surface area contributed by atoms with E-state index in [2.05, 4.69) is 15.6 Å². The number of pyridine rings is 1. The second kappa shape index (κ2) is 7.07. The minimum absolute atomic E-state index is 0.0850. The van der Waals surface area contributed by atoms with Crippen LogP contribution in [0.3, 0.4) is 0 Å². The number of amides is 2. The minimum Gasteiger partial charge on any atom is -0.511 e. The first-order valence-corrected chi connectivity index (χ1v) is 7.95. The maximum Gasteiger partial charge on any atom is 0.265 e. The fraction of sp³-hybridized carbons (Fsp3) is 0.158. The largest absolute Gasteiger partial charge is 0.511 e. The van der Waals surface area contributed by atoms with E-state index in [9.17, 15) is 14.7 Å². The molecule has 3 rings (SSSR count). The number of nitriles is 1. The van der Waals surface area contributed by atoms with Gasteiger partial charge < -0.3 is 15.7 Å². The molecular formula is C19H16N4O3. The molecule has 130 valence electrons. The number of carbonyl (C=O) groups is 2. The quantitative estimate of drug-likeness (QED) is 0.736. The lowest BCUT2D eigenvalue weighted by Crippen LogP contribution is -2.39. The van der Waals surface area contributed by atoms with Gasteiger partial charge in [0.25, 0.3) is 11.8 Å². The Morgan fingerprint density at radius 2 is 2.04 bits per heavy atom. The number of aliphatic hydroxyl groups excluding tert-OH is 1. The van der Waals surface area contributed by atoms with Crippen molar-refractivity contribution in [1.29, 1.82) is 5.26 Å². The van der Waals surface area contributed by atoms with Crippen LogP contribution in [0, 0.1) is 18.3 Å². The van der Waals surface area contributed by atoms with Crippen LogP contribution in [0.15, 0.2) is 53.9 Å². The van der Waals surface area contributed by atoms with Gasteiger partial charge in [-0.25, -0.2) is 4.98 Å². The average Bonchev–Trinajstić information content (AvgIpc) is 2.63. The van der Waals surface area contributed by atoms with E-state index in [0.717, 1.165) is 11.1 Å². The molecule has 1 aliphatic heterocycles. The number of anilines is 1. The number of nitrogens with zero attached hydrogens (tertiary/aromatic N) is 2. The fourth-order valence-electron chi connectivity index (χ4n) is 2.65. The van der Waals surface area contributed by atoms with Crippen molar-refractivity contribution in [3.05, 3.63) is 70.6 Å². The van der Waals surface area contributed by atoms with Crippen molar-refractivity contribution in [2.45, 2.75) is 19.4 Å². The zero-order chi connectivity index (χ0) is 18.7. The Kier molecular flexibility index (Phi) is 4.67. The number of hydrogen-bond donors (Lipinski definition) is 3. The zero-order valence-electron chi connectivity index (χ0n) is 14.0. The molecule has 0 spiro atoms. The standard InChI is InChI=1S/C19H16N4O3/c1-11-2-7-16(21-10-11)23-19(26)17-15(24)8-14(22-18(17)25)13-5-3-12(9-20)4-6-13/h2-7,10,14,24H,8H2,1H3,(H,22,25)(H,21,23,26). The van der Waals surface area contributed by atoms with Crippen molar-refractivity contribution in [2.75, 3.05) is 5.32 Å². The molecule has 7 heteroatoms. The highest BCUT2D eigenvalue weighted by molar-refractivity contribution is 6.23. The molecule has 0 fully saturated rings. The second-order valence-corrected chi connectivity index (χ2v) is 5.96. The second-order valence-electron chi connectivity index (χ2n) is 5.96. The normalized spacial score (nSPS) is 16.6. The SMILES string of the molecule is Cc1ccc(NC(=O)C2=C(O)CC(c3ccc(C#N)cc3)NC2=O)nc1. The third-order valence-corrected chi connectivity index (χ3v) is 4.04. The Hall–Kier alpha value is -3.66. The summed E-state index contributed by atoms with van der Waals surface area (Å²) in [7, 11) is 0. The van der Waals surface area contributed by atoms with Gasteiger partial charge in [0.15, 0.2) is 0 Å². The maximum absolute atomic E-state index is 12.3. The van der Waals surface area contributed by atoms with Crippen LogP contribution in [0.25, 0.3) is 0 Å². The molecule has 1 unspecified atom stereocenters. The van der Waals surface area contributed by atoms with Crippen LogP contribution in [0.4, 0.5) is 5.82 Å². The van der Waals surface area contributed by atoms with Gasteiger partial charge in [-0.3, -0.25) is 9.59 Å². The van der Waals surface area contributed by atoms with Crippen LogP contribution < -0.4 is 10.6 Å². The summed E-state index contributed by atoms with van der Waals surface area (Å²) in [6, 6.07) is 11.6. The Labute approximate surface area is 150 Å². The molecule has 1 aliphatic rings. The van der Waals surface area contributed by atoms with E-state index in [1.54, 1.807) is 42.6 Å². The molecule has 0 aliphatic carbocycles. The van der Waals surface area contributed by atoms with Gasteiger partial charge in [-0.2, -0.15) is 5.26 Å². The summed E-state index contributed by atoms with van der Waals surface area (Å²) < 4.78 is 0. The van der Waals surface area contributed by atoms with E-state index < -0.39 is 17.9 Å². The lowest BCUT2D eigenvalue weighted by atomic mass is 9.95. The molecule has 3 N–H and O–H groups in total. The number of carbonyl (C=O) groups excluding carboxylic acids is 2. The van der Waals surface area contributed by atoms with Gasteiger partial charge >= 0.3 is 0 Å². The van der Waals surface area contributed by atoms with Crippen molar-refractivity contribution in [3.63, 3.8) is 0 Å². The Balaban J connectivity index is 1.78. The van der Waals surface area contributed by atoms with Crippen LogP contribution in [-0.2, 0) is 9.59 Å². The highest BCUT2D eigenvalue weighted by atomic mass is 16.3. The molecule has 0 saturated heterocycles. The van der Waals surface area contributed by atoms with Gasteiger partial charge in [-0.15, -0.1) is 0 Å². The number of aryl methyl sites for hydroxylation is 1. The van der Waals surface area contributed by atoms with E-state index in [1.807, 2.05) is 13.0 Å². The van der Waals surface area contributed by atoms with E-state index in [4.69, 9.17) is 5.26 Å². The summed E-state index contributed by atoms with van der Waals surface area (Å²) in [6.07, 6.45) is 1.67. The predicted molar refractivity (Wildman–Crippen MR) is 93.9 cm³/mol. The zero-order valence-corrected chi connectivity index (χ0v) is 14.0. The molecule has 2 aromatic rings. The van der Waals surface area contributed by atoms with Crippen molar-refractivity contribution in [3.8, 4) is 6.07 Å². The first-order valence-electron chi connectivity index (χ1n) is 7.95. The van der Waals surface area contributed by atoms with Crippen molar-refractivity contribution < 1.29 is 14.7 Å². The fourth-order valence-corrected chi connectivity index (χ4v) is 2.65. The van der Waals surface area contributed by atoms with Crippen LogP contribution >= 0.6 is 0 Å². The number of hydrogen-bond acceptors (Lipinski definition) is 5. The lowest BCUT2D eigenvalue weighted by molar-refractivity contribution is -0.123. The summed E-state index contributed by atoms with van der Waals surface area (Å²) in [4.78, 5) is 28.7. The minimum atomic E-state index is -0.713. The van der Waals surface area contributed by atoms with Crippen LogP contribution in [0.2, 0.25) is 0 Å². The average molecular weight is 348 g/mol. The van der Waals surface area contributed by atoms with Crippen molar-refractivity contribution in [1.82, 2.24) is 10.3 Å². The highest BCUT2D eigenvalue weighted by Crippen LogP contribution is 2.27. The topological polar surface area (TPSA) is 115 Å². The molecule has 1 atom stereocenters. The Morgan fingerprint density at radius 1 is 1.31 bits per heavy atom. The predicted octanol–water partition coefficient (Wildman–Crippen LogP) is 2.27. The molecule has 0 bridgehead atoms. The number of aromatic nitrogens is 1. The van der Waals surface area contributed by atoms with Crippen LogP contribution in [0.5, 0.6) is 0 Å². The summed E-state index contributed by atoms with van der Waals surface area (Å²) in [5.41, 5.74) is 1.85. The van der Waals surface area contributed by atoms with Gasteiger partial charge in [-0.1, -0.05) is 18.2 Å². The molecule has 2 heterocycles. The lowest BCUT2D eigenvalue weighted by Gasteiger charge is -2.25. The molecule has 1 aromatic carbocycles.